The first-order chi connectivity index (χ1) is 10.2. The lowest BCUT2D eigenvalue weighted by molar-refractivity contribution is 0.332. The van der Waals surface area contributed by atoms with E-state index in [2.05, 4.69) is 48.6 Å². The molecule has 2 bridgehead atoms. The lowest BCUT2D eigenvalue weighted by Gasteiger charge is -2.24. The molecule has 0 aliphatic heterocycles. The Bertz CT molecular complexity index is 422. The van der Waals surface area contributed by atoms with Gasteiger partial charge in [0.25, 0.3) is 0 Å². The SMILES string of the molecule is CN(C)CCCCNC1C2CCC1Cc1ccccc1C2. The van der Waals surface area contributed by atoms with Gasteiger partial charge in [0.05, 0.1) is 0 Å². The Morgan fingerprint density at radius 1 is 1.00 bits per heavy atom. The van der Waals surface area contributed by atoms with E-state index in [1.807, 2.05) is 0 Å². The Morgan fingerprint density at radius 2 is 1.62 bits per heavy atom. The Morgan fingerprint density at radius 3 is 2.19 bits per heavy atom. The Balaban J connectivity index is 1.54. The van der Waals surface area contributed by atoms with Crippen LogP contribution in [0.2, 0.25) is 0 Å². The highest BCUT2D eigenvalue weighted by Crippen LogP contribution is 2.39. The lowest BCUT2D eigenvalue weighted by Crippen LogP contribution is -2.38. The first kappa shape index (κ1) is 15.1. The second kappa shape index (κ2) is 6.93. The molecule has 2 unspecified atom stereocenters. The minimum absolute atomic E-state index is 0.761. The lowest BCUT2D eigenvalue weighted by atomic mass is 9.94. The van der Waals surface area contributed by atoms with Gasteiger partial charge in [0.2, 0.25) is 0 Å². The van der Waals surface area contributed by atoms with Crippen molar-refractivity contribution in [1.29, 1.82) is 0 Å². The molecule has 2 nitrogen and oxygen atoms in total. The zero-order valence-corrected chi connectivity index (χ0v) is 13.6. The number of unbranched alkanes of at least 4 members (excludes halogenated alkanes) is 1. The molecule has 0 radical (unpaired) electrons. The smallest absolute Gasteiger partial charge is 0.0130 e. The van der Waals surface area contributed by atoms with Crippen molar-refractivity contribution in [3.63, 3.8) is 0 Å². The van der Waals surface area contributed by atoms with Gasteiger partial charge in [-0.25, -0.2) is 0 Å². The van der Waals surface area contributed by atoms with Crippen LogP contribution in [0.25, 0.3) is 0 Å². The zero-order valence-electron chi connectivity index (χ0n) is 13.6. The summed E-state index contributed by atoms with van der Waals surface area (Å²) in [4.78, 5) is 2.28. The second-order valence-corrected chi connectivity index (χ2v) is 7.26. The van der Waals surface area contributed by atoms with Gasteiger partial charge in [0, 0.05) is 6.04 Å². The van der Waals surface area contributed by atoms with Crippen LogP contribution in [0.3, 0.4) is 0 Å². The number of fused-ring (bicyclic) bond motifs is 3. The van der Waals surface area contributed by atoms with Crippen LogP contribution in [0.1, 0.15) is 36.8 Å². The number of rotatable bonds is 6. The number of nitrogens with zero attached hydrogens (tertiary/aromatic N) is 1. The van der Waals surface area contributed by atoms with Crippen molar-refractivity contribution in [2.24, 2.45) is 11.8 Å². The van der Waals surface area contributed by atoms with Crippen LogP contribution in [0.5, 0.6) is 0 Å². The third kappa shape index (κ3) is 3.67. The molecule has 3 rings (SSSR count). The summed E-state index contributed by atoms with van der Waals surface area (Å²) in [5.41, 5.74) is 3.23. The minimum atomic E-state index is 0.761. The van der Waals surface area contributed by atoms with Crippen molar-refractivity contribution in [2.75, 3.05) is 27.2 Å². The van der Waals surface area contributed by atoms with Gasteiger partial charge in [0.15, 0.2) is 0 Å². The van der Waals surface area contributed by atoms with E-state index in [1.54, 1.807) is 11.1 Å². The summed E-state index contributed by atoms with van der Waals surface area (Å²) >= 11 is 0. The molecule has 1 N–H and O–H groups in total. The average Bonchev–Trinajstić information content (AvgIpc) is 2.73. The van der Waals surface area contributed by atoms with Gasteiger partial charge < -0.3 is 10.2 Å². The molecule has 1 aromatic carbocycles. The molecule has 1 aromatic rings. The fourth-order valence-corrected chi connectivity index (χ4v) is 4.31. The third-order valence-electron chi connectivity index (χ3n) is 5.42. The summed E-state index contributed by atoms with van der Waals surface area (Å²) in [5.74, 6) is 1.74. The van der Waals surface area contributed by atoms with Gasteiger partial charge in [-0.3, -0.25) is 0 Å². The molecule has 2 atom stereocenters. The predicted molar refractivity (Wildman–Crippen MR) is 89.6 cm³/mol. The molecule has 116 valence electrons. The zero-order chi connectivity index (χ0) is 14.7. The standard InChI is InChI=1S/C19H30N2/c1-21(2)12-6-5-11-20-19-17-9-10-18(19)14-16-8-4-3-7-15(16)13-17/h3-4,7-8,17-20H,5-6,9-14H2,1-2H3. The van der Waals surface area contributed by atoms with Crippen LogP contribution in [-0.2, 0) is 12.8 Å². The van der Waals surface area contributed by atoms with Crippen LogP contribution < -0.4 is 5.32 Å². The van der Waals surface area contributed by atoms with E-state index in [1.165, 1.54) is 51.6 Å². The summed E-state index contributed by atoms with van der Waals surface area (Å²) in [6, 6.07) is 9.88. The largest absolute Gasteiger partial charge is 0.313 e. The maximum absolute atomic E-state index is 3.91. The van der Waals surface area contributed by atoms with Gasteiger partial charge in [-0.2, -0.15) is 0 Å². The number of nitrogens with one attached hydrogen (secondary N) is 1. The molecule has 21 heavy (non-hydrogen) atoms. The second-order valence-electron chi connectivity index (χ2n) is 7.26. The number of hydrogen-bond acceptors (Lipinski definition) is 2. The predicted octanol–water partition coefficient (Wildman–Crippen LogP) is 3.11. The summed E-state index contributed by atoms with van der Waals surface area (Å²) in [7, 11) is 4.33. The Kier molecular flexibility index (Phi) is 4.97. The van der Waals surface area contributed by atoms with Crippen molar-refractivity contribution < 1.29 is 0 Å². The first-order valence-corrected chi connectivity index (χ1v) is 8.69. The highest BCUT2D eigenvalue weighted by Gasteiger charge is 2.38. The molecule has 0 aromatic heterocycles. The highest BCUT2D eigenvalue weighted by atomic mass is 15.0. The fourth-order valence-electron chi connectivity index (χ4n) is 4.31. The van der Waals surface area contributed by atoms with Crippen LogP contribution >= 0.6 is 0 Å². The molecule has 2 aliphatic rings. The third-order valence-corrected chi connectivity index (χ3v) is 5.42. The number of benzene rings is 1. The van der Waals surface area contributed by atoms with Crippen molar-refractivity contribution in [1.82, 2.24) is 10.2 Å². The van der Waals surface area contributed by atoms with Gasteiger partial charge >= 0.3 is 0 Å². The molecule has 1 fully saturated rings. The van der Waals surface area contributed by atoms with Gasteiger partial charge in [-0.1, -0.05) is 24.3 Å². The number of hydrogen-bond donors (Lipinski definition) is 1. The summed E-state index contributed by atoms with van der Waals surface area (Å²) < 4.78 is 0. The van der Waals surface area contributed by atoms with E-state index in [9.17, 15) is 0 Å². The van der Waals surface area contributed by atoms with Crippen molar-refractivity contribution >= 4 is 0 Å². The normalized spacial score (nSPS) is 27.7. The van der Waals surface area contributed by atoms with Gasteiger partial charge in [-0.15, -0.1) is 0 Å². The van der Waals surface area contributed by atoms with Crippen LogP contribution in [0, 0.1) is 11.8 Å². The van der Waals surface area contributed by atoms with Gasteiger partial charge in [-0.05, 0) is 88.7 Å². The van der Waals surface area contributed by atoms with Gasteiger partial charge in [0.1, 0.15) is 0 Å². The van der Waals surface area contributed by atoms with E-state index < -0.39 is 0 Å². The maximum Gasteiger partial charge on any atom is 0.0130 e. The molecule has 2 aliphatic carbocycles. The van der Waals surface area contributed by atoms with E-state index in [0.29, 0.717) is 0 Å². The van der Waals surface area contributed by atoms with Crippen molar-refractivity contribution in [3.8, 4) is 0 Å². The summed E-state index contributed by atoms with van der Waals surface area (Å²) in [5, 5.41) is 3.91. The van der Waals surface area contributed by atoms with E-state index in [0.717, 1.165) is 17.9 Å². The molecular formula is C19H30N2. The van der Waals surface area contributed by atoms with Crippen LogP contribution in [0.15, 0.2) is 24.3 Å². The fraction of sp³-hybridized carbons (Fsp3) is 0.684. The highest BCUT2D eigenvalue weighted by molar-refractivity contribution is 5.30. The van der Waals surface area contributed by atoms with Crippen LogP contribution in [0.4, 0.5) is 0 Å². The maximum atomic E-state index is 3.91. The van der Waals surface area contributed by atoms with E-state index in [-0.39, 0.29) is 0 Å². The molecule has 0 amide bonds. The molecule has 1 saturated carbocycles. The molecule has 2 heteroatoms. The summed E-state index contributed by atoms with van der Waals surface area (Å²) in [6.45, 7) is 2.41. The topological polar surface area (TPSA) is 15.3 Å². The minimum Gasteiger partial charge on any atom is -0.313 e. The van der Waals surface area contributed by atoms with Crippen molar-refractivity contribution in [3.05, 3.63) is 35.4 Å². The molecule has 0 spiro atoms. The Hall–Kier alpha value is -0.860. The Labute approximate surface area is 129 Å². The van der Waals surface area contributed by atoms with E-state index in [4.69, 9.17) is 0 Å². The van der Waals surface area contributed by atoms with E-state index >= 15 is 0 Å². The first-order valence-electron chi connectivity index (χ1n) is 8.69. The average molecular weight is 286 g/mol. The summed E-state index contributed by atoms with van der Waals surface area (Å²) in [6.07, 6.45) is 8.05. The molecular weight excluding hydrogens is 256 g/mol. The molecule has 0 heterocycles. The molecule has 0 saturated heterocycles. The van der Waals surface area contributed by atoms with Crippen molar-refractivity contribution in [2.45, 2.75) is 44.6 Å². The quantitative estimate of drug-likeness (QED) is 0.808. The monoisotopic (exact) mass is 286 g/mol. The van der Waals surface area contributed by atoms with Crippen LogP contribution in [-0.4, -0.2) is 38.1 Å².